The lowest BCUT2D eigenvalue weighted by Crippen LogP contribution is -2.54. The molecule has 1 unspecified atom stereocenters. The van der Waals surface area contributed by atoms with Gasteiger partial charge in [0.2, 0.25) is 0 Å². The van der Waals surface area contributed by atoms with Crippen molar-refractivity contribution in [2.24, 2.45) is 0 Å². The van der Waals surface area contributed by atoms with Gasteiger partial charge in [-0.05, 0) is 27.7 Å². The molecule has 0 heterocycles. The highest BCUT2D eigenvalue weighted by Gasteiger charge is 2.26. The topological polar surface area (TPSA) is 105 Å². The average Bonchev–Trinajstić information content (AvgIpc) is 2.11. The van der Waals surface area contributed by atoms with Crippen LogP contribution >= 0.6 is 0 Å². The third-order valence-electron chi connectivity index (χ3n) is 1.42. The highest BCUT2D eigenvalue weighted by atomic mass is 16.6. The minimum absolute atomic E-state index is 0.00138. The van der Waals surface area contributed by atoms with E-state index in [1.54, 1.807) is 20.8 Å². The molecule has 17 heavy (non-hydrogen) atoms. The Bertz CT molecular complexity index is 306. The standard InChI is InChI=1S/C10H17NO6/c1-5-16-8(14)6(7(12)13)11-9(15)17-10(2,3)4/h6H,5H2,1-4H3,(H,11,15)(H,12,13)/p-1. The summed E-state index contributed by atoms with van der Waals surface area (Å²) in [5.41, 5.74) is -0.796. The Morgan fingerprint density at radius 1 is 1.29 bits per heavy atom. The summed E-state index contributed by atoms with van der Waals surface area (Å²) in [7, 11) is 0. The number of hydrogen-bond acceptors (Lipinski definition) is 6. The van der Waals surface area contributed by atoms with Gasteiger partial charge in [-0.25, -0.2) is 9.59 Å². The number of esters is 1. The molecule has 0 saturated heterocycles. The van der Waals surface area contributed by atoms with E-state index in [0.717, 1.165) is 0 Å². The molecule has 0 aliphatic rings. The Hall–Kier alpha value is -1.79. The van der Waals surface area contributed by atoms with Crippen LogP contribution in [0.25, 0.3) is 0 Å². The number of aliphatic carboxylic acids is 1. The lowest BCUT2D eigenvalue weighted by molar-refractivity contribution is -0.307. The smallest absolute Gasteiger partial charge is 0.408 e. The number of hydrogen-bond donors (Lipinski definition) is 1. The Balaban J connectivity index is 4.51. The fourth-order valence-electron chi connectivity index (χ4n) is 0.865. The number of carboxylic acids is 1. The van der Waals surface area contributed by atoms with Gasteiger partial charge in [-0.2, -0.15) is 0 Å². The largest absolute Gasteiger partial charge is 0.547 e. The van der Waals surface area contributed by atoms with Gasteiger partial charge in [0.1, 0.15) is 5.60 Å². The summed E-state index contributed by atoms with van der Waals surface area (Å²) in [5.74, 6) is -2.85. The number of carbonyl (C=O) groups is 3. The summed E-state index contributed by atoms with van der Waals surface area (Å²) < 4.78 is 9.26. The van der Waals surface area contributed by atoms with E-state index in [4.69, 9.17) is 4.74 Å². The van der Waals surface area contributed by atoms with Gasteiger partial charge in [0.05, 0.1) is 12.6 Å². The van der Waals surface area contributed by atoms with Crippen LogP contribution in [0, 0.1) is 0 Å². The molecule has 98 valence electrons. The fraction of sp³-hybridized carbons (Fsp3) is 0.700. The highest BCUT2D eigenvalue weighted by Crippen LogP contribution is 2.06. The van der Waals surface area contributed by atoms with Crippen molar-refractivity contribution in [1.82, 2.24) is 5.32 Å². The first-order valence-electron chi connectivity index (χ1n) is 5.04. The summed E-state index contributed by atoms with van der Waals surface area (Å²) in [6.45, 7) is 6.32. The maximum absolute atomic E-state index is 11.3. The van der Waals surface area contributed by atoms with Crippen LogP contribution in [0.5, 0.6) is 0 Å². The van der Waals surface area contributed by atoms with Gasteiger partial charge in [0, 0.05) is 0 Å². The molecular formula is C10H16NO6-. The summed E-state index contributed by atoms with van der Waals surface area (Å²) in [5, 5.41) is 12.5. The second-order valence-electron chi connectivity index (χ2n) is 4.15. The van der Waals surface area contributed by atoms with Gasteiger partial charge in [-0.15, -0.1) is 0 Å². The summed E-state index contributed by atoms with van der Waals surface area (Å²) in [6.07, 6.45) is -1.03. The zero-order chi connectivity index (χ0) is 13.6. The number of carboxylic acid groups (broad SMARTS) is 1. The van der Waals surface area contributed by atoms with Crippen molar-refractivity contribution in [1.29, 1.82) is 0 Å². The van der Waals surface area contributed by atoms with Crippen LogP contribution in [0.4, 0.5) is 4.79 Å². The quantitative estimate of drug-likeness (QED) is 0.514. The summed E-state index contributed by atoms with van der Waals surface area (Å²) in [6, 6.07) is -1.87. The zero-order valence-electron chi connectivity index (χ0n) is 10.2. The predicted molar refractivity (Wildman–Crippen MR) is 54.8 cm³/mol. The first-order chi connectivity index (χ1) is 7.67. The lowest BCUT2D eigenvalue weighted by Gasteiger charge is -2.23. The van der Waals surface area contributed by atoms with Gasteiger partial charge >= 0.3 is 12.1 Å². The van der Waals surface area contributed by atoms with Crippen molar-refractivity contribution in [3.05, 3.63) is 0 Å². The molecule has 0 rings (SSSR count). The molecule has 7 heteroatoms. The molecule has 0 fully saturated rings. The maximum atomic E-state index is 11.3. The van der Waals surface area contributed by atoms with Gasteiger partial charge in [-0.3, -0.25) is 0 Å². The number of ether oxygens (including phenoxy) is 2. The number of alkyl carbamates (subject to hydrolysis) is 1. The van der Waals surface area contributed by atoms with Crippen molar-refractivity contribution in [3.63, 3.8) is 0 Å². The Morgan fingerprint density at radius 2 is 1.82 bits per heavy atom. The molecule has 1 atom stereocenters. The molecule has 7 nitrogen and oxygen atoms in total. The predicted octanol–water partition coefficient (Wildman–Crippen LogP) is -0.807. The van der Waals surface area contributed by atoms with E-state index in [0.29, 0.717) is 0 Å². The maximum Gasteiger partial charge on any atom is 0.408 e. The minimum atomic E-state index is -1.87. The molecule has 0 aliphatic carbocycles. The molecule has 1 N–H and O–H groups in total. The molecule has 0 spiro atoms. The van der Waals surface area contributed by atoms with Crippen molar-refractivity contribution in [3.8, 4) is 0 Å². The molecule has 0 aromatic rings. The second-order valence-corrected chi connectivity index (χ2v) is 4.15. The number of nitrogens with one attached hydrogen (secondary N) is 1. The van der Waals surface area contributed by atoms with Crippen LogP contribution in [0.2, 0.25) is 0 Å². The normalized spacial score (nSPS) is 12.5. The Morgan fingerprint density at radius 3 is 2.18 bits per heavy atom. The van der Waals surface area contributed by atoms with Crippen LogP contribution in [0.1, 0.15) is 27.7 Å². The van der Waals surface area contributed by atoms with Crippen molar-refractivity contribution in [2.45, 2.75) is 39.3 Å². The third-order valence-corrected chi connectivity index (χ3v) is 1.42. The highest BCUT2D eigenvalue weighted by molar-refractivity contribution is 5.99. The molecule has 0 aromatic carbocycles. The molecule has 0 bridgehead atoms. The molecular weight excluding hydrogens is 230 g/mol. The molecule has 0 saturated carbocycles. The number of carbonyl (C=O) groups excluding carboxylic acids is 3. The van der Waals surface area contributed by atoms with Crippen LogP contribution < -0.4 is 10.4 Å². The Kier molecular flexibility index (Phi) is 5.43. The van der Waals surface area contributed by atoms with E-state index < -0.39 is 29.7 Å². The molecule has 0 aromatic heterocycles. The van der Waals surface area contributed by atoms with Crippen LogP contribution in [0.15, 0.2) is 0 Å². The first kappa shape index (κ1) is 15.2. The Labute approximate surface area is 99.1 Å². The first-order valence-corrected chi connectivity index (χ1v) is 5.04. The van der Waals surface area contributed by atoms with E-state index in [9.17, 15) is 19.5 Å². The third kappa shape index (κ3) is 6.39. The van der Waals surface area contributed by atoms with Gasteiger partial charge in [0.25, 0.3) is 0 Å². The number of rotatable bonds is 4. The van der Waals surface area contributed by atoms with E-state index in [2.05, 4.69) is 4.74 Å². The lowest BCUT2D eigenvalue weighted by atomic mass is 10.2. The number of amides is 1. The zero-order valence-corrected chi connectivity index (χ0v) is 10.2. The van der Waals surface area contributed by atoms with Crippen LogP contribution in [-0.2, 0) is 19.1 Å². The fourth-order valence-corrected chi connectivity index (χ4v) is 0.865. The SMILES string of the molecule is CCOC(=O)C(NC(=O)OC(C)(C)C)C(=O)[O-]. The summed E-state index contributed by atoms with van der Waals surface area (Å²) >= 11 is 0. The average molecular weight is 246 g/mol. The second kappa shape index (κ2) is 6.07. The van der Waals surface area contributed by atoms with Gasteiger partial charge in [0.15, 0.2) is 6.04 Å². The minimum Gasteiger partial charge on any atom is -0.547 e. The van der Waals surface area contributed by atoms with Crippen molar-refractivity contribution < 1.29 is 29.0 Å². The van der Waals surface area contributed by atoms with Crippen molar-refractivity contribution in [2.75, 3.05) is 6.61 Å². The monoisotopic (exact) mass is 246 g/mol. The van der Waals surface area contributed by atoms with E-state index in [-0.39, 0.29) is 6.61 Å². The summed E-state index contributed by atoms with van der Waals surface area (Å²) in [4.78, 5) is 33.1. The van der Waals surface area contributed by atoms with Crippen LogP contribution in [0.3, 0.4) is 0 Å². The van der Waals surface area contributed by atoms with Gasteiger partial charge < -0.3 is 24.7 Å². The van der Waals surface area contributed by atoms with E-state index in [1.165, 1.54) is 6.92 Å². The molecule has 0 radical (unpaired) electrons. The van der Waals surface area contributed by atoms with E-state index in [1.807, 2.05) is 5.32 Å². The van der Waals surface area contributed by atoms with Crippen molar-refractivity contribution >= 4 is 18.0 Å². The van der Waals surface area contributed by atoms with E-state index >= 15 is 0 Å². The van der Waals surface area contributed by atoms with Crippen LogP contribution in [-0.4, -0.2) is 36.3 Å². The van der Waals surface area contributed by atoms with Gasteiger partial charge in [-0.1, -0.05) is 0 Å². The molecule has 1 amide bonds. The molecule has 0 aliphatic heterocycles.